The van der Waals surface area contributed by atoms with Crippen molar-refractivity contribution in [1.82, 2.24) is 15.2 Å². The first-order valence-electron chi connectivity index (χ1n) is 6.47. The lowest BCUT2D eigenvalue weighted by Gasteiger charge is -2.33. The van der Waals surface area contributed by atoms with Gasteiger partial charge >= 0.3 is 0 Å². The van der Waals surface area contributed by atoms with Gasteiger partial charge in [0.1, 0.15) is 6.67 Å². The molecule has 0 aliphatic carbocycles. The molecule has 2 heterocycles. The maximum absolute atomic E-state index is 13.5. The van der Waals surface area contributed by atoms with E-state index in [1.165, 1.54) is 0 Å². The van der Waals surface area contributed by atoms with E-state index in [-0.39, 0.29) is 12.7 Å². The van der Waals surface area contributed by atoms with Gasteiger partial charge in [0, 0.05) is 43.3 Å². The predicted octanol–water partition coefficient (Wildman–Crippen LogP) is 2.08. The molecule has 1 fully saturated rings. The molecule has 1 saturated heterocycles. The van der Waals surface area contributed by atoms with Gasteiger partial charge in [-0.05, 0) is 11.6 Å². The summed E-state index contributed by atoms with van der Waals surface area (Å²) in [6.07, 6.45) is 1.96. The van der Waals surface area contributed by atoms with E-state index in [2.05, 4.69) is 21.3 Å². The minimum atomic E-state index is -0.332. The zero-order valence-corrected chi connectivity index (χ0v) is 10.3. The molecule has 3 nitrogen and oxygen atoms in total. The van der Waals surface area contributed by atoms with Crippen LogP contribution in [-0.4, -0.2) is 42.7 Å². The van der Waals surface area contributed by atoms with Crippen molar-refractivity contribution in [2.75, 3.05) is 32.9 Å². The van der Waals surface area contributed by atoms with E-state index in [9.17, 15) is 4.39 Å². The number of fused-ring (bicyclic) bond motifs is 1. The fourth-order valence-electron chi connectivity index (χ4n) is 2.74. The number of alkyl halides is 1. The zero-order chi connectivity index (χ0) is 12.4. The second kappa shape index (κ2) is 5.08. The lowest BCUT2D eigenvalue weighted by Crippen LogP contribution is -2.45. The van der Waals surface area contributed by atoms with E-state index >= 15 is 0 Å². The first-order chi connectivity index (χ1) is 8.90. The SMILES string of the molecule is FC[C@@H](c1c[nH]c2ccccc12)N1CCNCC1. The molecule has 0 unspecified atom stereocenters. The second-order valence-corrected chi connectivity index (χ2v) is 4.75. The molecular formula is C14H18FN3. The van der Waals surface area contributed by atoms with E-state index in [1.807, 2.05) is 24.4 Å². The molecule has 1 aromatic carbocycles. The number of nitrogens with one attached hydrogen (secondary N) is 2. The number of rotatable bonds is 3. The molecule has 2 aromatic rings. The molecule has 0 bridgehead atoms. The Kier molecular flexibility index (Phi) is 3.30. The van der Waals surface area contributed by atoms with Gasteiger partial charge in [0.25, 0.3) is 0 Å². The Morgan fingerprint density at radius 1 is 1.22 bits per heavy atom. The van der Waals surface area contributed by atoms with Crippen LogP contribution in [0.2, 0.25) is 0 Å². The largest absolute Gasteiger partial charge is 0.361 e. The Morgan fingerprint density at radius 3 is 2.78 bits per heavy atom. The Labute approximate surface area is 106 Å². The van der Waals surface area contributed by atoms with Gasteiger partial charge in [0.2, 0.25) is 0 Å². The van der Waals surface area contributed by atoms with Crippen LogP contribution in [0.4, 0.5) is 4.39 Å². The highest BCUT2D eigenvalue weighted by Crippen LogP contribution is 2.28. The first kappa shape index (κ1) is 11.7. The van der Waals surface area contributed by atoms with Crippen LogP contribution in [0.1, 0.15) is 11.6 Å². The van der Waals surface area contributed by atoms with Gasteiger partial charge in [0.15, 0.2) is 0 Å². The Morgan fingerprint density at radius 2 is 2.00 bits per heavy atom. The summed E-state index contributed by atoms with van der Waals surface area (Å²) in [6, 6.07) is 7.98. The van der Waals surface area contributed by atoms with Crippen molar-refractivity contribution in [2.45, 2.75) is 6.04 Å². The maximum Gasteiger partial charge on any atom is 0.109 e. The summed E-state index contributed by atoms with van der Waals surface area (Å²) in [4.78, 5) is 5.46. The normalized spacial score (nSPS) is 19.2. The highest BCUT2D eigenvalue weighted by molar-refractivity contribution is 5.83. The fourth-order valence-corrected chi connectivity index (χ4v) is 2.74. The van der Waals surface area contributed by atoms with E-state index in [0.717, 1.165) is 42.6 Å². The van der Waals surface area contributed by atoms with Crippen LogP contribution < -0.4 is 5.32 Å². The van der Waals surface area contributed by atoms with Crippen molar-refractivity contribution < 1.29 is 4.39 Å². The number of nitrogens with zero attached hydrogens (tertiary/aromatic N) is 1. The van der Waals surface area contributed by atoms with Gasteiger partial charge in [-0.2, -0.15) is 0 Å². The average molecular weight is 247 g/mol. The van der Waals surface area contributed by atoms with Crippen molar-refractivity contribution in [3.63, 3.8) is 0 Å². The van der Waals surface area contributed by atoms with Crippen molar-refractivity contribution >= 4 is 10.9 Å². The van der Waals surface area contributed by atoms with Gasteiger partial charge in [-0.1, -0.05) is 18.2 Å². The monoisotopic (exact) mass is 247 g/mol. The zero-order valence-electron chi connectivity index (χ0n) is 10.3. The number of hydrogen-bond donors (Lipinski definition) is 2. The number of piperazine rings is 1. The van der Waals surface area contributed by atoms with Crippen LogP contribution in [0.15, 0.2) is 30.5 Å². The minimum Gasteiger partial charge on any atom is -0.361 e. The Bertz CT molecular complexity index is 516. The second-order valence-electron chi connectivity index (χ2n) is 4.75. The summed E-state index contributed by atoms with van der Waals surface area (Å²) >= 11 is 0. The van der Waals surface area contributed by atoms with E-state index in [4.69, 9.17) is 0 Å². The minimum absolute atomic E-state index is 0.122. The molecule has 1 aromatic heterocycles. The number of para-hydroxylation sites is 1. The topological polar surface area (TPSA) is 31.1 Å². The Balaban J connectivity index is 1.95. The number of H-pyrrole nitrogens is 1. The van der Waals surface area contributed by atoms with Crippen molar-refractivity contribution in [3.05, 3.63) is 36.0 Å². The third kappa shape index (κ3) is 2.02. The molecule has 2 N–H and O–H groups in total. The average Bonchev–Trinajstić information content (AvgIpc) is 2.85. The molecule has 18 heavy (non-hydrogen) atoms. The van der Waals surface area contributed by atoms with Gasteiger partial charge in [-0.15, -0.1) is 0 Å². The Hall–Kier alpha value is -1.39. The smallest absolute Gasteiger partial charge is 0.109 e. The molecule has 1 aliphatic rings. The third-order valence-corrected chi connectivity index (χ3v) is 3.72. The van der Waals surface area contributed by atoms with Crippen LogP contribution in [-0.2, 0) is 0 Å². The van der Waals surface area contributed by atoms with Crippen LogP contribution >= 0.6 is 0 Å². The first-order valence-corrected chi connectivity index (χ1v) is 6.47. The molecule has 3 rings (SSSR count). The highest BCUT2D eigenvalue weighted by Gasteiger charge is 2.24. The molecule has 1 atom stereocenters. The molecule has 0 radical (unpaired) electrons. The number of benzene rings is 1. The van der Waals surface area contributed by atoms with E-state index in [0.29, 0.717) is 0 Å². The standard InChI is InChI=1S/C14H18FN3/c15-9-14(18-7-5-16-6-8-18)12-10-17-13-4-2-1-3-11(12)13/h1-4,10,14,16-17H,5-9H2/t14-/m0/s1. The highest BCUT2D eigenvalue weighted by atomic mass is 19.1. The van der Waals surface area contributed by atoms with Gasteiger partial charge in [-0.3, -0.25) is 4.90 Å². The number of hydrogen-bond acceptors (Lipinski definition) is 2. The quantitative estimate of drug-likeness (QED) is 0.870. The molecule has 0 saturated carbocycles. The van der Waals surface area contributed by atoms with Gasteiger partial charge in [-0.25, -0.2) is 4.39 Å². The maximum atomic E-state index is 13.5. The molecular weight excluding hydrogens is 229 g/mol. The summed E-state index contributed by atoms with van der Waals surface area (Å²) < 4.78 is 13.5. The number of aromatic nitrogens is 1. The van der Waals surface area contributed by atoms with Gasteiger partial charge < -0.3 is 10.3 Å². The summed E-state index contributed by atoms with van der Waals surface area (Å²) in [6.45, 7) is 3.38. The molecule has 96 valence electrons. The van der Waals surface area contributed by atoms with Crippen molar-refractivity contribution in [2.24, 2.45) is 0 Å². The lowest BCUT2D eigenvalue weighted by molar-refractivity contribution is 0.148. The molecule has 0 spiro atoms. The molecule has 1 aliphatic heterocycles. The summed E-state index contributed by atoms with van der Waals surface area (Å²) in [7, 11) is 0. The van der Waals surface area contributed by atoms with Gasteiger partial charge in [0.05, 0.1) is 6.04 Å². The molecule has 4 heteroatoms. The van der Waals surface area contributed by atoms with Crippen LogP contribution in [0.5, 0.6) is 0 Å². The summed E-state index contributed by atoms with van der Waals surface area (Å²) in [5.41, 5.74) is 2.16. The summed E-state index contributed by atoms with van der Waals surface area (Å²) in [5, 5.41) is 4.44. The van der Waals surface area contributed by atoms with Crippen LogP contribution in [0.25, 0.3) is 10.9 Å². The number of aromatic amines is 1. The lowest BCUT2D eigenvalue weighted by atomic mass is 10.0. The van der Waals surface area contributed by atoms with Crippen LogP contribution in [0, 0.1) is 0 Å². The summed E-state index contributed by atoms with van der Waals surface area (Å²) in [5.74, 6) is 0. The third-order valence-electron chi connectivity index (χ3n) is 3.72. The predicted molar refractivity (Wildman–Crippen MR) is 71.5 cm³/mol. The van der Waals surface area contributed by atoms with E-state index in [1.54, 1.807) is 0 Å². The molecule has 0 amide bonds. The number of halogens is 1. The van der Waals surface area contributed by atoms with E-state index < -0.39 is 0 Å². The fraction of sp³-hybridized carbons (Fsp3) is 0.429. The van der Waals surface area contributed by atoms with Crippen LogP contribution in [0.3, 0.4) is 0 Å². The van der Waals surface area contributed by atoms with Crippen molar-refractivity contribution in [3.8, 4) is 0 Å². The van der Waals surface area contributed by atoms with Crippen molar-refractivity contribution in [1.29, 1.82) is 0 Å².